The summed E-state index contributed by atoms with van der Waals surface area (Å²) in [5.41, 5.74) is 0. The maximum atomic E-state index is 4.31. The third-order valence-corrected chi connectivity index (χ3v) is 3.79. The van der Waals surface area contributed by atoms with Crippen molar-refractivity contribution in [3.63, 3.8) is 0 Å². The van der Waals surface area contributed by atoms with Gasteiger partial charge in [-0.3, -0.25) is 0 Å². The van der Waals surface area contributed by atoms with Crippen molar-refractivity contribution in [2.75, 3.05) is 12.3 Å². The van der Waals surface area contributed by atoms with E-state index in [0.717, 1.165) is 11.6 Å². The average molecular weight is 252 g/mol. The lowest BCUT2D eigenvalue weighted by Gasteiger charge is -2.15. The van der Waals surface area contributed by atoms with Crippen molar-refractivity contribution in [2.45, 2.75) is 50.6 Å². The molecule has 1 heterocycles. The van der Waals surface area contributed by atoms with Crippen molar-refractivity contribution in [1.82, 2.24) is 10.3 Å². The topological polar surface area (TPSA) is 24.9 Å². The fourth-order valence-corrected chi connectivity index (χ4v) is 2.57. The zero-order valence-corrected chi connectivity index (χ0v) is 11.8. The quantitative estimate of drug-likeness (QED) is 0.535. The average Bonchev–Trinajstić information content (AvgIpc) is 2.39. The molecule has 1 unspecified atom stereocenters. The van der Waals surface area contributed by atoms with Gasteiger partial charge in [0.2, 0.25) is 0 Å². The van der Waals surface area contributed by atoms with E-state index in [1.54, 1.807) is 0 Å². The van der Waals surface area contributed by atoms with Crippen LogP contribution in [0.2, 0.25) is 0 Å². The third kappa shape index (κ3) is 6.69. The minimum atomic E-state index is 0.694. The first kappa shape index (κ1) is 14.5. The summed E-state index contributed by atoms with van der Waals surface area (Å²) >= 11 is 1.86. The predicted molar refractivity (Wildman–Crippen MR) is 76.6 cm³/mol. The molecule has 0 amide bonds. The molecule has 0 spiro atoms. The van der Waals surface area contributed by atoms with Crippen LogP contribution in [0.4, 0.5) is 0 Å². The van der Waals surface area contributed by atoms with E-state index in [2.05, 4.69) is 30.2 Å². The summed E-state index contributed by atoms with van der Waals surface area (Å²) in [5, 5.41) is 4.73. The Morgan fingerprint density at radius 1 is 1.35 bits per heavy atom. The first-order chi connectivity index (χ1) is 8.36. The van der Waals surface area contributed by atoms with Crippen molar-refractivity contribution in [3.8, 4) is 0 Å². The number of aromatic nitrogens is 1. The fraction of sp³-hybridized carbons (Fsp3) is 0.643. The molecule has 0 bridgehead atoms. The molecule has 96 valence electrons. The largest absolute Gasteiger partial charge is 0.314 e. The number of hydrogen-bond acceptors (Lipinski definition) is 3. The van der Waals surface area contributed by atoms with E-state index >= 15 is 0 Å². The predicted octanol–water partition coefficient (Wildman–Crippen LogP) is 3.73. The summed E-state index contributed by atoms with van der Waals surface area (Å²) in [6, 6.07) is 6.79. The number of hydrogen-bond donors (Lipinski definition) is 1. The highest BCUT2D eigenvalue weighted by Crippen LogP contribution is 2.16. The number of rotatable bonds is 9. The summed E-state index contributed by atoms with van der Waals surface area (Å²) in [4.78, 5) is 4.31. The van der Waals surface area contributed by atoms with Gasteiger partial charge in [-0.15, -0.1) is 11.8 Å². The molecule has 0 aliphatic rings. The maximum absolute atomic E-state index is 4.31. The Balaban J connectivity index is 2.10. The first-order valence-electron chi connectivity index (χ1n) is 6.64. The van der Waals surface area contributed by atoms with E-state index in [0.29, 0.717) is 6.04 Å². The van der Waals surface area contributed by atoms with Crippen LogP contribution in [-0.2, 0) is 0 Å². The van der Waals surface area contributed by atoms with E-state index in [9.17, 15) is 0 Å². The van der Waals surface area contributed by atoms with Gasteiger partial charge in [-0.1, -0.05) is 19.9 Å². The Morgan fingerprint density at radius 2 is 2.24 bits per heavy atom. The van der Waals surface area contributed by atoms with Crippen LogP contribution in [0.25, 0.3) is 0 Å². The van der Waals surface area contributed by atoms with Crippen LogP contribution in [0, 0.1) is 0 Å². The molecule has 1 atom stereocenters. The number of pyridine rings is 1. The SMILES string of the molecule is CCCNC(CC)CCCSc1ccccn1. The molecule has 0 aliphatic heterocycles. The smallest absolute Gasteiger partial charge is 0.0959 e. The Bertz CT molecular complexity index is 277. The molecule has 1 aromatic rings. The zero-order chi connectivity index (χ0) is 12.3. The van der Waals surface area contributed by atoms with Crippen molar-refractivity contribution >= 4 is 11.8 Å². The van der Waals surface area contributed by atoms with Crippen LogP contribution in [0.15, 0.2) is 29.4 Å². The molecule has 1 N–H and O–H groups in total. The van der Waals surface area contributed by atoms with Crippen LogP contribution in [-0.4, -0.2) is 23.3 Å². The van der Waals surface area contributed by atoms with Crippen LogP contribution < -0.4 is 5.32 Å². The molecular formula is C14H24N2S. The number of nitrogens with zero attached hydrogens (tertiary/aromatic N) is 1. The van der Waals surface area contributed by atoms with Gasteiger partial charge in [-0.25, -0.2) is 4.98 Å². The normalized spacial score (nSPS) is 12.6. The first-order valence-corrected chi connectivity index (χ1v) is 7.62. The van der Waals surface area contributed by atoms with Gasteiger partial charge in [0.05, 0.1) is 5.03 Å². The standard InChI is InChI=1S/C14H24N2S/c1-3-10-15-13(4-2)8-7-12-17-14-9-5-6-11-16-14/h5-6,9,11,13,15H,3-4,7-8,10,12H2,1-2H3. The van der Waals surface area contributed by atoms with Gasteiger partial charge in [0.25, 0.3) is 0 Å². The Kier molecular flexibility index (Phi) is 8.10. The molecule has 0 fully saturated rings. The van der Waals surface area contributed by atoms with Gasteiger partial charge in [-0.05, 0) is 50.1 Å². The highest BCUT2D eigenvalue weighted by Gasteiger charge is 2.04. The molecule has 0 aromatic carbocycles. The van der Waals surface area contributed by atoms with Crippen molar-refractivity contribution in [1.29, 1.82) is 0 Å². The second-order valence-corrected chi connectivity index (χ2v) is 5.33. The van der Waals surface area contributed by atoms with Crippen LogP contribution >= 0.6 is 11.8 Å². The highest BCUT2D eigenvalue weighted by molar-refractivity contribution is 7.99. The molecule has 0 saturated carbocycles. The summed E-state index contributed by atoms with van der Waals surface area (Å²) in [6.45, 7) is 5.63. The monoisotopic (exact) mass is 252 g/mol. The number of nitrogens with one attached hydrogen (secondary N) is 1. The molecule has 0 saturated heterocycles. The summed E-state index contributed by atoms with van der Waals surface area (Å²) in [6.07, 6.45) is 6.85. The molecule has 0 radical (unpaired) electrons. The summed E-state index contributed by atoms with van der Waals surface area (Å²) in [7, 11) is 0. The van der Waals surface area contributed by atoms with Crippen molar-refractivity contribution in [2.24, 2.45) is 0 Å². The maximum Gasteiger partial charge on any atom is 0.0959 e. The van der Waals surface area contributed by atoms with E-state index in [1.807, 2.05) is 30.1 Å². The molecule has 1 rings (SSSR count). The minimum Gasteiger partial charge on any atom is -0.314 e. The van der Waals surface area contributed by atoms with E-state index in [-0.39, 0.29) is 0 Å². The molecule has 1 aromatic heterocycles. The van der Waals surface area contributed by atoms with Gasteiger partial charge >= 0.3 is 0 Å². The van der Waals surface area contributed by atoms with Crippen LogP contribution in [0.5, 0.6) is 0 Å². The van der Waals surface area contributed by atoms with E-state index < -0.39 is 0 Å². The minimum absolute atomic E-state index is 0.694. The Labute approximate surface area is 110 Å². The van der Waals surface area contributed by atoms with Gasteiger partial charge in [0.1, 0.15) is 0 Å². The lowest BCUT2D eigenvalue weighted by atomic mass is 10.1. The molecule has 3 heteroatoms. The van der Waals surface area contributed by atoms with Crippen molar-refractivity contribution in [3.05, 3.63) is 24.4 Å². The van der Waals surface area contributed by atoms with Crippen molar-refractivity contribution < 1.29 is 0 Å². The molecule has 2 nitrogen and oxygen atoms in total. The lowest BCUT2D eigenvalue weighted by Crippen LogP contribution is -2.29. The second kappa shape index (κ2) is 9.49. The number of thioether (sulfide) groups is 1. The van der Waals surface area contributed by atoms with E-state index in [4.69, 9.17) is 0 Å². The third-order valence-electron chi connectivity index (χ3n) is 2.76. The van der Waals surface area contributed by atoms with Gasteiger partial charge in [-0.2, -0.15) is 0 Å². The van der Waals surface area contributed by atoms with Gasteiger partial charge in [0, 0.05) is 12.2 Å². The molecule has 17 heavy (non-hydrogen) atoms. The lowest BCUT2D eigenvalue weighted by molar-refractivity contribution is 0.465. The Morgan fingerprint density at radius 3 is 2.88 bits per heavy atom. The molecule has 0 aliphatic carbocycles. The van der Waals surface area contributed by atoms with Crippen LogP contribution in [0.1, 0.15) is 39.5 Å². The molecular weight excluding hydrogens is 228 g/mol. The van der Waals surface area contributed by atoms with E-state index in [1.165, 1.54) is 31.4 Å². The van der Waals surface area contributed by atoms with Gasteiger partial charge < -0.3 is 5.32 Å². The Hall–Kier alpha value is -0.540. The second-order valence-electron chi connectivity index (χ2n) is 4.22. The summed E-state index contributed by atoms with van der Waals surface area (Å²) in [5.74, 6) is 1.17. The van der Waals surface area contributed by atoms with Crippen LogP contribution in [0.3, 0.4) is 0 Å². The zero-order valence-electron chi connectivity index (χ0n) is 11.0. The highest BCUT2D eigenvalue weighted by atomic mass is 32.2. The van der Waals surface area contributed by atoms with Gasteiger partial charge in [0.15, 0.2) is 0 Å². The fourth-order valence-electron chi connectivity index (χ4n) is 1.74. The summed E-state index contributed by atoms with van der Waals surface area (Å²) < 4.78 is 0.